The Hall–Kier alpha value is -1.66. The van der Waals surface area contributed by atoms with E-state index in [9.17, 15) is 9.59 Å². The number of pyridine rings is 1. The van der Waals surface area contributed by atoms with Gasteiger partial charge in [-0.3, -0.25) is 9.59 Å². The Morgan fingerprint density at radius 3 is 2.58 bits per heavy atom. The molecule has 1 N–H and O–H groups in total. The average molecular weight is 353 g/mol. The van der Waals surface area contributed by atoms with Gasteiger partial charge in [0.15, 0.2) is 5.41 Å². The Balaban J connectivity index is 2.19. The van der Waals surface area contributed by atoms with E-state index >= 15 is 0 Å². The molecule has 130 valence electrons. The second-order valence-corrected chi connectivity index (χ2v) is 7.71. The van der Waals surface area contributed by atoms with E-state index in [4.69, 9.17) is 21.1 Å². The number of hydrogen-bond donors (Lipinski definition) is 1. The molecule has 3 heterocycles. The van der Waals surface area contributed by atoms with Gasteiger partial charge in [0.1, 0.15) is 16.3 Å². The summed E-state index contributed by atoms with van der Waals surface area (Å²) in [5.74, 6) is -1.02. The van der Waals surface area contributed by atoms with Gasteiger partial charge < -0.3 is 14.8 Å². The molecule has 7 heteroatoms. The highest BCUT2D eigenvalue weighted by Gasteiger charge is 2.60. The second kappa shape index (κ2) is 5.43. The maximum atomic E-state index is 13.0. The minimum atomic E-state index is -1.51. The molecule has 1 spiro atoms. The van der Waals surface area contributed by atoms with Crippen LogP contribution in [0.1, 0.15) is 45.4 Å². The lowest BCUT2D eigenvalue weighted by atomic mass is 9.69. The van der Waals surface area contributed by atoms with Crippen LogP contribution in [0.5, 0.6) is 0 Å². The van der Waals surface area contributed by atoms with Gasteiger partial charge in [-0.2, -0.15) is 0 Å². The second-order valence-electron chi connectivity index (χ2n) is 7.32. The third-order valence-corrected chi connectivity index (χ3v) is 4.71. The van der Waals surface area contributed by atoms with Crippen molar-refractivity contribution < 1.29 is 19.1 Å². The molecule has 0 radical (unpaired) electrons. The van der Waals surface area contributed by atoms with Crippen LogP contribution in [-0.4, -0.2) is 35.7 Å². The van der Waals surface area contributed by atoms with Gasteiger partial charge in [-0.1, -0.05) is 24.6 Å². The summed E-state index contributed by atoms with van der Waals surface area (Å²) < 4.78 is 10.8. The number of rotatable bonds is 2. The largest absolute Gasteiger partial charge is 0.459 e. The van der Waals surface area contributed by atoms with Gasteiger partial charge in [0.2, 0.25) is 5.91 Å². The van der Waals surface area contributed by atoms with Crippen LogP contribution in [0.2, 0.25) is 5.15 Å². The molecule has 1 amide bonds. The van der Waals surface area contributed by atoms with E-state index in [2.05, 4.69) is 10.3 Å². The highest BCUT2D eigenvalue weighted by atomic mass is 35.5. The molecule has 2 aliphatic heterocycles. The first-order valence-corrected chi connectivity index (χ1v) is 8.34. The zero-order valence-electron chi connectivity index (χ0n) is 14.2. The number of nitrogens with zero attached hydrogens (tertiary/aromatic N) is 1. The molecule has 1 aromatic heterocycles. The molecule has 1 fully saturated rings. The maximum Gasteiger partial charge on any atom is 0.328 e. The standard InChI is InChI=1S/C17H21ClN2O4/c1-5-17(14(22)24-15(2,3)4)12-10(6-7-11(18)19-12)16(8-23-9-16)20-13(17)21/h6-7H,5,8-9H2,1-4H3,(H,20,21). The molecule has 1 aromatic rings. The summed E-state index contributed by atoms with van der Waals surface area (Å²) in [7, 11) is 0. The van der Waals surface area contributed by atoms with Crippen molar-refractivity contribution in [3.8, 4) is 0 Å². The van der Waals surface area contributed by atoms with Crippen molar-refractivity contribution in [2.45, 2.75) is 50.7 Å². The molecule has 6 nitrogen and oxygen atoms in total. The summed E-state index contributed by atoms with van der Waals surface area (Å²) in [6.07, 6.45) is 0.227. The highest BCUT2D eigenvalue weighted by Crippen LogP contribution is 2.44. The molecule has 0 aliphatic carbocycles. The van der Waals surface area contributed by atoms with Crippen LogP contribution < -0.4 is 5.32 Å². The lowest BCUT2D eigenvalue weighted by Gasteiger charge is -2.50. The fourth-order valence-corrected chi connectivity index (χ4v) is 3.35. The van der Waals surface area contributed by atoms with Gasteiger partial charge >= 0.3 is 5.97 Å². The van der Waals surface area contributed by atoms with E-state index < -0.39 is 28.4 Å². The van der Waals surface area contributed by atoms with E-state index in [1.54, 1.807) is 39.8 Å². The predicted octanol–water partition coefficient (Wildman–Crippen LogP) is 2.08. The van der Waals surface area contributed by atoms with Crippen LogP contribution in [0.4, 0.5) is 0 Å². The van der Waals surface area contributed by atoms with Crippen molar-refractivity contribution in [2.24, 2.45) is 0 Å². The maximum absolute atomic E-state index is 13.0. The summed E-state index contributed by atoms with van der Waals surface area (Å²) in [5.41, 5.74) is -1.71. The number of fused-ring (bicyclic) bond motifs is 2. The number of ether oxygens (including phenoxy) is 2. The summed E-state index contributed by atoms with van der Waals surface area (Å²) in [6, 6.07) is 3.47. The topological polar surface area (TPSA) is 77.5 Å². The number of halogens is 1. The molecule has 1 atom stereocenters. The van der Waals surface area contributed by atoms with Crippen LogP contribution in [0.25, 0.3) is 0 Å². The molecule has 3 rings (SSSR count). The zero-order chi connectivity index (χ0) is 17.8. The minimum absolute atomic E-state index is 0.227. The number of aromatic nitrogens is 1. The SMILES string of the molecule is CCC1(C(=O)OC(C)(C)C)C(=O)NC2(COC2)c2ccc(Cl)nc21. The van der Waals surface area contributed by atoms with Crippen LogP contribution in [-0.2, 0) is 30.0 Å². The first kappa shape index (κ1) is 17.2. The summed E-state index contributed by atoms with van der Waals surface area (Å²) in [5, 5.41) is 3.20. The van der Waals surface area contributed by atoms with E-state index in [1.165, 1.54) is 0 Å². The predicted molar refractivity (Wildman–Crippen MR) is 87.7 cm³/mol. The Morgan fingerprint density at radius 2 is 2.08 bits per heavy atom. The monoisotopic (exact) mass is 352 g/mol. The molecule has 2 aliphatic rings. The molecule has 1 saturated heterocycles. The van der Waals surface area contributed by atoms with Crippen LogP contribution in [0.3, 0.4) is 0 Å². The Bertz CT molecular complexity index is 709. The zero-order valence-corrected chi connectivity index (χ0v) is 15.0. The van der Waals surface area contributed by atoms with Crippen molar-refractivity contribution in [3.63, 3.8) is 0 Å². The molecule has 1 unspecified atom stereocenters. The van der Waals surface area contributed by atoms with Crippen LogP contribution in [0, 0.1) is 0 Å². The third-order valence-electron chi connectivity index (χ3n) is 4.50. The number of amides is 1. The number of nitrogens with one attached hydrogen (secondary N) is 1. The van der Waals surface area contributed by atoms with Crippen LogP contribution in [0.15, 0.2) is 12.1 Å². The van der Waals surface area contributed by atoms with Gasteiger partial charge in [0.25, 0.3) is 0 Å². The first-order valence-electron chi connectivity index (χ1n) is 7.96. The number of hydrogen-bond acceptors (Lipinski definition) is 5. The Kier molecular flexibility index (Phi) is 3.88. The highest BCUT2D eigenvalue weighted by molar-refractivity contribution is 6.29. The fourth-order valence-electron chi connectivity index (χ4n) is 3.21. The molecular formula is C17H21ClN2O4. The lowest BCUT2D eigenvalue weighted by molar-refractivity contribution is -0.170. The summed E-state index contributed by atoms with van der Waals surface area (Å²) in [6.45, 7) is 7.77. The molecule has 0 bridgehead atoms. The average Bonchev–Trinajstić information content (AvgIpc) is 2.43. The first-order chi connectivity index (χ1) is 11.1. The van der Waals surface area contributed by atoms with Gasteiger partial charge in [-0.05, 0) is 33.3 Å². The Labute approximate surface area is 145 Å². The van der Waals surface area contributed by atoms with E-state index in [0.29, 0.717) is 18.9 Å². The normalized spacial score (nSPS) is 24.8. The van der Waals surface area contributed by atoms with E-state index in [-0.39, 0.29) is 11.6 Å². The van der Waals surface area contributed by atoms with E-state index in [0.717, 1.165) is 5.56 Å². The van der Waals surface area contributed by atoms with E-state index in [1.807, 2.05) is 0 Å². The Morgan fingerprint density at radius 1 is 1.42 bits per heavy atom. The molecule has 24 heavy (non-hydrogen) atoms. The number of carbonyl (C=O) groups excluding carboxylic acids is 2. The smallest absolute Gasteiger partial charge is 0.328 e. The van der Waals surface area contributed by atoms with Crippen LogP contribution >= 0.6 is 11.6 Å². The van der Waals surface area contributed by atoms with Gasteiger partial charge in [-0.25, -0.2) is 4.98 Å². The number of esters is 1. The minimum Gasteiger partial charge on any atom is -0.459 e. The summed E-state index contributed by atoms with van der Waals surface area (Å²) >= 11 is 6.07. The quantitative estimate of drug-likeness (QED) is 0.501. The lowest BCUT2D eigenvalue weighted by Crippen LogP contribution is -2.69. The molecule has 0 saturated carbocycles. The molecular weight excluding hydrogens is 332 g/mol. The van der Waals surface area contributed by atoms with Gasteiger partial charge in [0, 0.05) is 5.56 Å². The van der Waals surface area contributed by atoms with Gasteiger partial charge in [-0.15, -0.1) is 0 Å². The van der Waals surface area contributed by atoms with Crippen molar-refractivity contribution in [3.05, 3.63) is 28.5 Å². The number of carbonyl (C=O) groups is 2. The van der Waals surface area contributed by atoms with Crippen molar-refractivity contribution in [1.29, 1.82) is 0 Å². The molecule has 0 aromatic carbocycles. The third kappa shape index (κ3) is 2.40. The van der Waals surface area contributed by atoms with Gasteiger partial charge in [0.05, 0.1) is 18.9 Å². The van der Waals surface area contributed by atoms with Crippen molar-refractivity contribution in [1.82, 2.24) is 10.3 Å². The summed E-state index contributed by atoms with van der Waals surface area (Å²) in [4.78, 5) is 30.3. The van der Waals surface area contributed by atoms with Crippen molar-refractivity contribution in [2.75, 3.05) is 13.2 Å². The van der Waals surface area contributed by atoms with Crippen molar-refractivity contribution >= 4 is 23.5 Å². The fraction of sp³-hybridized carbons (Fsp3) is 0.588.